The molecule has 1 N–H and O–H groups in total. The number of fused-ring (bicyclic) bond motifs is 3. The summed E-state index contributed by atoms with van der Waals surface area (Å²) in [6.07, 6.45) is 5.78. The molecule has 0 fully saturated rings. The molecule has 2 aromatic carbocycles. The Labute approximate surface area is 124 Å². The molecule has 1 aliphatic carbocycles. The van der Waals surface area contributed by atoms with Crippen LogP contribution in [0.15, 0.2) is 60.7 Å². The molecule has 0 spiro atoms. The Morgan fingerprint density at radius 3 is 2.75 bits per heavy atom. The number of hydrogen-bond donors (Lipinski definition) is 1. The first-order valence-electron chi connectivity index (χ1n) is 7.10. The smallest absolute Gasteiger partial charge is 0.0553 e. The average molecular weight is 282 g/mol. The zero-order chi connectivity index (χ0) is 13.5. The maximum atomic E-state index is 6.17. The minimum Gasteiger partial charge on any atom is -0.378 e. The van der Waals surface area contributed by atoms with Gasteiger partial charge in [-0.05, 0) is 41.7 Å². The molecule has 1 aliphatic heterocycles. The maximum absolute atomic E-state index is 6.17. The fourth-order valence-corrected chi connectivity index (χ4v) is 3.74. The van der Waals surface area contributed by atoms with Crippen molar-refractivity contribution in [2.45, 2.75) is 18.4 Å². The van der Waals surface area contributed by atoms with Crippen molar-refractivity contribution in [1.29, 1.82) is 0 Å². The lowest BCUT2D eigenvalue weighted by Gasteiger charge is -2.37. The van der Waals surface area contributed by atoms with Gasteiger partial charge in [0.1, 0.15) is 0 Å². The number of rotatable bonds is 1. The van der Waals surface area contributed by atoms with Crippen LogP contribution in [-0.4, -0.2) is 0 Å². The highest BCUT2D eigenvalue weighted by Crippen LogP contribution is 2.50. The standard InChI is InChI=1S/C18H16ClN/c19-13-9-10-17-16(11-13)14-7-4-8-15(14)18(20-17)12-5-2-1-3-6-12/h1-7,9-11,14-15,18,20H,8H2. The lowest BCUT2D eigenvalue weighted by Crippen LogP contribution is -2.28. The van der Waals surface area contributed by atoms with E-state index >= 15 is 0 Å². The van der Waals surface area contributed by atoms with Gasteiger partial charge in [0.05, 0.1) is 6.04 Å². The fraction of sp³-hybridized carbons (Fsp3) is 0.222. The van der Waals surface area contributed by atoms with Crippen molar-refractivity contribution in [3.05, 3.63) is 76.8 Å². The van der Waals surface area contributed by atoms with Crippen molar-refractivity contribution in [3.8, 4) is 0 Å². The Bertz CT molecular complexity index is 662. The maximum Gasteiger partial charge on any atom is 0.0553 e. The third kappa shape index (κ3) is 1.85. The summed E-state index contributed by atoms with van der Waals surface area (Å²) in [6.45, 7) is 0. The SMILES string of the molecule is Clc1ccc2c(c1)C1C=CCC1C(c1ccccc1)N2. The highest BCUT2D eigenvalue weighted by atomic mass is 35.5. The van der Waals surface area contributed by atoms with E-state index in [1.165, 1.54) is 16.8 Å². The number of allylic oxidation sites excluding steroid dienone is 2. The molecule has 3 unspecified atom stereocenters. The molecule has 2 aliphatic rings. The molecular formula is C18H16ClN. The molecule has 2 aromatic rings. The van der Waals surface area contributed by atoms with Crippen molar-refractivity contribution in [1.82, 2.24) is 0 Å². The monoisotopic (exact) mass is 281 g/mol. The molecule has 0 aromatic heterocycles. The van der Waals surface area contributed by atoms with Crippen molar-refractivity contribution >= 4 is 17.3 Å². The predicted octanol–water partition coefficient (Wildman–Crippen LogP) is 5.17. The Kier molecular flexibility index (Phi) is 2.82. The molecule has 0 bridgehead atoms. The second kappa shape index (κ2) is 4.68. The van der Waals surface area contributed by atoms with E-state index in [1.807, 2.05) is 6.07 Å². The van der Waals surface area contributed by atoms with E-state index in [-0.39, 0.29) is 0 Å². The summed E-state index contributed by atoms with van der Waals surface area (Å²) < 4.78 is 0. The Hall–Kier alpha value is -1.73. The molecule has 1 heterocycles. The van der Waals surface area contributed by atoms with E-state index in [9.17, 15) is 0 Å². The van der Waals surface area contributed by atoms with E-state index in [1.54, 1.807) is 0 Å². The molecule has 4 rings (SSSR count). The molecule has 2 heteroatoms. The third-order valence-corrected chi connectivity index (χ3v) is 4.72. The number of anilines is 1. The summed E-state index contributed by atoms with van der Waals surface area (Å²) in [7, 11) is 0. The van der Waals surface area contributed by atoms with Crippen LogP contribution in [0.25, 0.3) is 0 Å². The summed E-state index contributed by atoms with van der Waals surface area (Å²) in [5, 5.41) is 4.54. The minimum atomic E-state index is 0.380. The molecule has 1 nitrogen and oxygen atoms in total. The molecule has 0 amide bonds. The quantitative estimate of drug-likeness (QED) is 0.711. The van der Waals surface area contributed by atoms with Crippen LogP contribution < -0.4 is 5.32 Å². The number of halogens is 1. The van der Waals surface area contributed by atoms with Crippen LogP contribution in [0.2, 0.25) is 5.02 Å². The normalized spacial score (nSPS) is 26.8. The van der Waals surface area contributed by atoms with Gasteiger partial charge in [-0.2, -0.15) is 0 Å². The topological polar surface area (TPSA) is 12.0 Å². The highest BCUT2D eigenvalue weighted by Gasteiger charge is 2.37. The van der Waals surface area contributed by atoms with E-state index in [4.69, 9.17) is 11.6 Å². The van der Waals surface area contributed by atoms with Gasteiger partial charge in [0.25, 0.3) is 0 Å². The number of hydrogen-bond acceptors (Lipinski definition) is 1. The number of nitrogens with one attached hydrogen (secondary N) is 1. The largest absolute Gasteiger partial charge is 0.378 e. The summed E-state index contributed by atoms with van der Waals surface area (Å²) >= 11 is 6.17. The number of benzene rings is 2. The van der Waals surface area contributed by atoms with Crippen LogP contribution in [0.1, 0.15) is 29.5 Å². The minimum absolute atomic E-state index is 0.380. The highest BCUT2D eigenvalue weighted by molar-refractivity contribution is 6.30. The van der Waals surface area contributed by atoms with Gasteiger partial charge in [-0.1, -0.05) is 54.1 Å². The van der Waals surface area contributed by atoms with Gasteiger partial charge in [0.2, 0.25) is 0 Å². The average Bonchev–Trinajstić information content (AvgIpc) is 2.97. The summed E-state index contributed by atoms with van der Waals surface area (Å²) in [4.78, 5) is 0. The molecule has 0 radical (unpaired) electrons. The van der Waals surface area contributed by atoms with Crippen LogP contribution in [0, 0.1) is 5.92 Å². The molecule has 3 atom stereocenters. The van der Waals surface area contributed by atoms with Crippen LogP contribution in [0.3, 0.4) is 0 Å². The van der Waals surface area contributed by atoms with Gasteiger partial charge in [-0.25, -0.2) is 0 Å². The lowest BCUT2D eigenvalue weighted by molar-refractivity contribution is 0.425. The molecule has 20 heavy (non-hydrogen) atoms. The first-order valence-corrected chi connectivity index (χ1v) is 7.48. The van der Waals surface area contributed by atoms with Gasteiger partial charge in [-0.3, -0.25) is 0 Å². The molecular weight excluding hydrogens is 266 g/mol. The Morgan fingerprint density at radius 2 is 1.90 bits per heavy atom. The van der Waals surface area contributed by atoms with Gasteiger partial charge < -0.3 is 5.32 Å². The van der Waals surface area contributed by atoms with Crippen LogP contribution >= 0.6 is 11.6 Å². The zero-order valence-electron chi connectivity index (χ0n) is 11.1. The predicted molar refractivity (Wildman–Crippen MR) is 84.2 cm³/mol. The van der Waals surface area contributed by atoms with E-state index < -0.39 is 0 Å². The third-order valence-electron chi connectivity index (χ3n) is 4.48. The Balaban J connectivity index is 1.80. The van der Waals surface area contributed by atoms with Crippen molar-refractivity contribution in [2.24, 2.45) is 5.92 Å². The van der Waals surface area contributed by atoms with Gasteiger partial charge in [0, 0.05) is 16.6 Å². The molecule has 0 saturated heterocycles. The van der Waals surface area contributed by atoms with E-state index in [0.717, 1.165) is 11.4 Å². The molecule has 100 valence electrons. The molecule has 0 saturated carbocycles. The van der Waals surface area contributed by atoms with Crippen LogP contribution in [-0.2, 0) is 0 Å². The fourth-order valence-electron chi connectivity index (χ4n) is 3.56. The summed E-state index contributed by atoms with van der Waals surface area (Å²) in [5.41, 5.74) is 3.92. The second-order valence-corrected chi connectivity index (χ2v) is 6.05. The van der Waals surface area contributed by atoms with E-state index in [0.29, 0.717) is 17.9 Å². The second-order valence-electron chi connectivity index (χ2n) is 5.62. The first-order chi connectivity index (χ1) is 9.83. The van der Waals surface area contributed by atoms with E-state index in [2.05, 4.69) is 59.9 Å². The summed E-state index contributed by atoms with van der Waals surface area (Å²) in [6, 6.07) is 17.3. The van der Waals surface area contributed by atoms with Crippen LogP contribution in [0.4, 0.5) is 5.69 Å². The van der Waals surface area contributed by atoms with Crippen molar-refractivity contribution in [2.75, 3.05) is 5.32 Å². The summed E-state index contributed by atoms with van der Waals surface area (Å²) in [5.74, 6) is 1.07. The van der Waals surface area contributed by atoms with Gasteiger partial charge >= 0.3 is 0 Å². The zero-order valence-corrected chi connectivity index (χ0v) is 11.8. The van der Waals surface area contributed by atoms with Crippen molar-refractivity contribution in [3.63, 3.8) is 0 Å². The lowest BCUT2D eigenvalue weighted by atomic mass is 9.77. The van der Waals surface area contributed by atoms with Crippen LogP contribution in [0.5, 0.6) is 0 Å². The van der Waals surface area contributed by atoms with Gasteiger partial charge in [0.15, 0.2) is 0 Å². The van der Waals surface area contributed by atoms with Gasteiger partial charge in [-0.15, -0.1) is 0 Å². The first kappa shape index (κ1) is 12.0. The Morgan fingerprint density at radius 1 is 1.05 bits per heavy atom. The van der Waals surface area contributed by atoms with Crippen molar-refractivity contribution < 1.29 is 0 Å².